The summed E-state index contributed by atoms with van der Waals surface area (Å²) in [5.41, 5.74) is 2.78. The van der Waals surface area contributed by atoms with Crippen LogP contribution >= 0.6 is 22.9 Å². The normalized spacial score (nSPS) is 11.0. The Morgan fingerprint density at radius 1 is 1.23 bits per heavy atom. The molecule has 0 bridgehead atoms. The minimum absolute atomic E-state index is 0.0314. The highest BCUT2D eigenvalue weighted by molar-refractivity contribution is 7.15. The number of aromatic nitrogens is 3. The lowest BCUT2D eigenvalue weighted by Gasteiger charge is -2.04. The first-order chi connectivity index (χ1) is 12.5. The van der Waals surface area contributed by atoms with Gasteiger partial charge in [-0.25, -0.2) is 8.91 Å². The van der Waals surface area contributed by atoms with Gasteiger partial charge in [-0.3, -0.25) is 10.1 Å². The molecule has 0 saturated carbocycles. The first kappa shape index (κ1) is 16.7. The lowest BCUT2D eigenvalue weighted by molar-refractivity contribution is 0.102. The standard InChI is InChI=1S/C18H12ClFN4OS/c1-10-5-7-11(8-6-10)14-9-26-18-22-17(23-24(14)18)21-16(25)15-12(19)3-2-4-13(15)20/h2-9H,1H3,(H,21,23,25). The van der Waals surface area contributed by atoms with Gasteiger partial charge in [-0.05, 0) is 19.1 Å². The molecule has 0 aliphatic rings. The van der Waals surface area contributed by atoms with Crippen LogP contribution in [-0.2, 0) is 0 Å². The molecular formula is C18H12ClFN4OS. The van der Waals surface area contributed by atoms with Gasteiger partial charge in [0.15, 0.2) is 0 Å². The number of carbonyl (C=O) groups excluding carboxylic acids is 1. The first-order valence-corrected chi connectivity index (χ1v) is 8.95. The van der Waals surface area contributed by atoms with Crippen molar-refractivity contribution in [3.8, 4) is 11.3 Å². The Bertz CT molecular complexity index is 1100. The van der Waals surface area contributed by atoms with E-state index in [0.29, 0.717) is 4.96 Å². The van der Waals surface area contributed by atoms with Gasteiger partial charge >= 0.3 is 0 Å². The van der Waals surface area contributed by atoms with E-state index in [0.717, 1.165) is 16.8 Å². The fourth-order valence-electron chi connectivity index (χ4n) is 2.54. The van der Waals surface area contributed by atoms with Crippen LogP contribution < -0.4 is 5.32 Å². The van der Waals surface area contributed by atoms with Crippen LogP contribution in [0, 0.1) is 12.7 Å². The molecule has 4 aromatic rings. The number of halogens is 2. The van der Waals surface area contributed by atoms with Crippen molar-refractivity contribution in [3.63, 3.8) is 0 Å². The molecule has 2 aromatic carbocycles. The van der Waals surface area contributed by atoms with Gasteiger partial charge in [0.1, 0.15) is 5.82 Å². The van der Waals surface area contributed by atoms with Crippen molar-refractivity contribution in [1.82, 2.24) is 14.6 Å². The molecule has 0 saturated heterocycles. The van der Waals surface area contributed by atoms with Gasteiger partial charge in [0, 0.05) is 10.9 Å². The Morgan fingerprint density at radius 2 is 2.00 bits per heavy atom. The van der Waals surface area contributed by atoms with Gasteiger partial charge in [-0.1, -0.05) is 47.5 Å². The number of carbonyl (C=O) groups is 1. The molecule has 5 nitrogen and oxygen atoms in total. The van der Waals surface area contributed by atoms with Crippen molar-refractivity contribution in [1.29, 1.82) is 0 Å². The van der Waals surface area contributed by atoms with Gasteiger partial charge in [0.05, 0.1) is 16.3 Å². The lowest BCUT2D eigenvalue weighted by atomic mass is 10.1. The summed E-state index contributed by atoms with van der Waals surface area (Å²) in [6, 6.07) is 12.1. The summed E-state index contributed by atoms with van der Waals surface area (Å²) in [6.07, 6.45) is 0. The largest absolute Gasteiger partial charge is 0.289 e. The molecule has 0 spiro atoms. The number of thiazole rings is 1. The summed E-state index contributed by atoms with van der Waals surface area (Å²) in [5, 5.41) is 8.79. The summed E-state index contributed by atoms with van der Waals surface area (Å²) >= 11 is 7.32. The van der Waals surface area contributed by atoms with Crippen molar-refractivity contribution < 1.29 is 9.18 Å². The first-order valence-electron chi connectivity index (χ1n) is 7.69. The zero-order chi connectivity index (χ0) is 18.3. The molecule has 130 valence electrons. The highest BCUT2D eigenvalue weighted by Gasteiger charge is 2.19. The molecule has 0 unspecified atom stereocenters. The molecule has 0 aliphatic heterocycles. The minimum Gasteiger partial charge on any atom is -0.289 e. The van der Waals surface area contributed by atoms with Crippen LogP contribution in [0.5, 0.6) is 0 Å². The predicted molar refractivity (Wildman–Crippen MR) is 100 cm³/mol. The average molecular weight is 387 g/mol. The van der Waals surface area contributed by atoms with Crippen LogP contribution in [0.2, 0.25) is 5.02 Å². The van der Waals surface area contributed by atoms with Crippen molar-refractivity contribution in [2.24, 2.45) is 0 Å². The smallest absolute Gasteiger partial charge is 0.262 e. The van der Waals surface area contributed by atoms with E-state index < -0.39 is 11.7 Å². The molecule has 0 atom stereocenters. The number of rotatable bonds is 3. The molecule has 1 amide bonds. The SMILES string of the molecule is Cc1ccc(-c2csc3nc(NC(=O)c4c(F)cccc4Cl)nn23)cc1. The number of hydrogen-bond acceptors (Lipinski definition) is 4. The van der Waals surface area contributed by atoms with E-state index in [1.54, 1.807) is 4.52 Å². The van der Waals surface area contributed by atoms with Crippen molar-refractivity contribution in [3.05, 3.63) is 69.8 Å². The molecule has 26 heavy (non-hydrogen) atoms. The molecule has 0 fully saturated rings. The molecule has 0 aliphatic carbocycles. The summed E-state index contributed by atoms with van der Waals surface area (Å²) in [5.74, 6) is -1.30. The Kier molecular flexibility index (Phi) is 4.18. The highest BCUT2D eigenvalue weighted by atomic mass is 35.5. The Hall–Kier alpha value is -2.77. The molecule has 4 rings (SSSR count). The predicted octanol–water partition coefficient (Wildman–Crippen LogP) is 4.81. The van der Waals surface area contributed by atoms with Gasteiger partial charge in [0.25, 0.3) is 11.9 Å². The topological polar surface area (TPSA) is 59.3 Å². The molecular weight excluding hydrogens is 375 g/mol. The summed E-state index contributed by atoms with van der Waals surface area (Å²) in [6.45, 7) is 2.02. The van der Waals surface area contributed by atoms with Crippen LogP contribution in [0.3, 0.4) is 0 Å². The van der Waals surface area contributed by atoms with Crippen LogP contribution in [0.15, 0.2) is 47.8 Å². The van der Waals surface area contributed by atoms with Crippen LogP contribution in [0.25, 0.3) is 16.2 Å². The minimum atomic E-state index is -0.698. The third-order valence-corrected chi connectivity index (χ3v) is 4.98. The quantitative estimate of drug-likeness (QED) is 0.549. The summed E-state index contributed by atoms with van der Waals surface area (Å²) < 4.78 is 15.5. The fraction of sp³-hybridized carbons (Fsp3) is 0.0556. The lowest BCUT2D eigenvalue weighted by Crippen LogP contribution is -2.15. The van der Waals surface area contributed by atoms with Gasteiger partial charge in [-0.15, -0.1) is 16.4 Å². The number of anilines is 1. The Balaban J connectivity index is 1.66. The Morgan fingerprint density at radius 3 is 2.73 bits per heavy atom. The highest BCUT2D eigenvalue weighted by Crippen LogP contribution is 2.26. The monoisotopic (exact) mass is 386 g/mol. The zero-order valence-electron chi connectivity index (χ0n) is 13.5. The van der Waals surface area contributed by atoms with E-state index in [-0.39, 0.29) is 16.5 Å². The molecule has 2 aromatic heterocycles. The molecule has 2 heterocycles. The maximum Gasteiger partial charge on any atom is 0.262 e. The van der Waals surface area contributed by atoms with E-state index >= 15 is 0 Å². The number of amides is 1. The second-order valence-corrected chi connectivity index (χ2v) is 6.91. The van der Waals surface area contributed by atoms with Gasteiger partial charge in [0.2, 0.25) is 4.96 Å². The number of fused-ring (bicyclic) bond motifs is 1. The number of aryl methyl sites for hydroxylation is 1. The van der Waals surface area contributed by atoms with Crippen LogP contribution in [0.1, 0.15) is 15.9 Å². The van der Waals surface area contributed by atoms with Crippen molar-refractivity contribution >= 4 is 39.8 Å². The zero-order valence-corrected chi connectivity index (χ0v) is 15.1. The second kappa shape index (κ2) is 6.51. The van der Waals surface area contributed by atoms with E-state index in [9.17, 15) is 9.18 Å². The van der Waals surface area contributed by atoms with Crippen molar-refractivity contribution in [2.75, 3.05) is 5.32 Å². The Labute approximate surface area is 157 Å². The maximum atomic E-state index is 13.9. The van der Waals surface area contributed by atoms with Gasteiger partial charge in [-0.2, -0.15) is 4.98 Å². The van der Waals surface area contributed by atoms with Crippen LogP contribution in [-0.4, -0.2) is 20.5 Å². The fourth-order valence-corrected chi connectivity index (χ4v) is 3.62. The van der Waals surface area contributed by atoms with E-state index in [1.807, 2.05) is 36.6 Å². The number of benzene rings is 2. The third kappa shape index (κ3) is 2.95. The van der Waals surface area contributed by atoms with E-state index in [4.69, 9.17) is 11.6 Å². The third-order valence-electron chi connectivity index (χ3n) is 3.84. The molecule has 0 radical (unpaired) electrons. The number of nitrogens with zero attached hydrogens (tertiary/aromatic N) is 3. The molecule has 1 N–H and O–H groups in total. The second-order valence-electron chi connectivity index (χ2n) is 5.67. The number of nitrogens with one attached hydrogen (secondary N) is 1. The number of hydrogen-bond donors (Lipinski definition) is 1. The van der Waals surface area contributed by atoms with Crippen LogP contribution in [0.4, 0.5) is 10.3 Å². The van der Waals surface area contributed by atoms with E-state index in [2.05, 4.69) is 15.4 Å². The summed E-state index contributed by atoms with van der Waals surface area (Å²) in [7, 11) is 0. The summed E-state index contributed by atoms with van der Waals surface area (Å²) in [4.78, 5) is 17.2. The van der Waals surface area contributed by atoms with E-state index in [1.165, 1.54) is 29.5 Å². The van der Waals surface area contributed by atoms with Crippen molar-refractivity contribution in [2.45, 2.75) is 6.92 Å². The van der Waals surface area contributed by atoms with Gasteiger partial charge < -0.3 is 0 Å². The maximum absolute atomic E-state index is 13.9. The molecule has 8 heteroatoms. The average Bonchev–Trinajstić information content (AvgIpc) is 3.15.